The molecular weight excluding hydrogens is 501 g/mol. The van der Waals surface area contributed by atoms with Gasteiger partial charge in [0.25, 0.3) is 0 Å². The molecule has 0 bridgehead atoms. The van der Waals surface area contributed by atoms with Gasteiger partial charge in [-0.15, -0.1) is 24.0 Å². The van der Waals surface area contributed by atoms with E-state index in [1.165, 1.54) is 0 Å². The Kier molecular flexibility index (Phi) is 11.0. The van der Waals surface area contributed by atoms with E-state index in [0.29, 0.717) is 30.4 Å². The van der Waals surface area contributed by atoms with Crippen molar-refractivity contribution in [3.63, 3.8) is 0 Å². The van der Waals surface area contributed by atoms with Crippen LogP contribution in [0.15, 0.2) is 64.5 Å². The van der Waals surface area contributed by atoms with Crippen molar-refractivity contribution in [2.75, 3.05) is 25.9 Å². The third-order valence-corrected chi connectivity index (χ3v) is 5.91. The molecule has 2 aromatic carbocycles. The number of hydrogen-bond donors (Lipinski definition) is 2. The van der Waals surface area contributed by atoms with E-state index in [9.17, 15) is 8.42 Å². The minimum Gasteiger partial charge on any atom is -0.489 e. The quantitative estimate of drug-likeness (QED) is 0.225. The summed E-state index contributed by atoms with van der Waals surface area (Å²) in [6.07, 6.45) is 0.451. The van der Waals surface area contributed by atoms with Crippen molar-refractivity contribution in [2.45, 2.75) is 31.3 Å². The number of halogens is 1. The number of hydrogen-bond acceptors (Lipinski definition) is 4. The second-order valence-corrected chi connectivity index (χ2v) is 8.72. The van der Waals surface area contributed by atoms with Crippen LogP contribution < -0.4 is 15.4 Å². The first kappa shape index (κ1) is 25.2. The normalized spacial score (nSPS) is 12.6. The predicted molar refractivity (Wildman–Crippen MR) is 129 cm³/mol. The lowest BCUT2D eigenvalue weighted by molar-refractivity contribution is 0.223. The zero-order valence-electron chi connectivity index (χ0n) is 17.1. The highest BCUT2D eigenvalue weighted by atomic mass is 127. The van der Waals surface area contributed by atoms with E-state index in [-0.39, 0.29) is 35.8 Å². The first-order valence-electron chi connectivity index (χ1n) is 9.36. The van der Waals surface area contributed by atoms with Crippen molar-refractivity contribution in [3.8, 4) is 5.75 Å². The molecule has 0 saturated heterocycles. The number of aryl methyl sites for hydroxylation is 1. The third-order valence-electron chi connectivity index (χ3n) is 4.09. The molecule has 0 saturated carbocycles. The molecule has 6 nitrogen and oxygen atoms in total. The molecule has 8 heteroatoms. The van der Waals surface area contributed by atoms with Gasteiger partial charge in [0.15, 0.2) is 15.8 Å². The van der Waals surface area contributed by atoms with E-state index in [2.05, 4.69) is 15.6 Å². The van der Waals surface area contributed by atoms with E-state index in [1.807, 2.05) is 38.1 Å². The second kappa shape index (κ2) is 12.7. The summed E-state index contributed by atoms with van der Waals surface area (Å²) in [6, 6.07) is 16.4. The van der Waals surface area contributed by atoms with E-state index < -0.39 is 9.84 Å². The average Bonchev–Trinajstić information content (AvgIpc) is 2.68. The van der Waals surface area contributed by atoms with Gasteiger partial charge < -0.3 is 15.4 Å². The third kappa shape index (κ3) is 9.03. The fourth-order valence-corrected chi connectivity index (χ4v) is 3.97. The Bertz CT molecular complexity index is 874. The van der Waals surface area contributed by atoms with Gasteiger partial charge >= 0.3 is 0 Å². The van der Waals surface area contributed by atoms with E-state index in [1.54, 1.807) is 37.4 Å². The number of sulfone groups is 1. The number of aliphatic imine (C=N–C) groups is 1. The number of ether oxygens (including phenoxy) is 1. The molecule has 2 rings (SSSR count). The van der Waals surface area contributed by atoms with E-state index >= 15 is 0 Å². The molecule has 160 valence electrons. The number of rotatable bonds is 9. The molecular formula is C21H30IN3O3S. The average molecular weight is 531 g/mol. The van der Waals surface area contributed by atoms with Gasteiger partial charge in [0, 0.05) is 13.6 Å². The lowest BCUT2D eigenvalue weighted by atomic mass is 10.2. The van der Waals surface area contributed by atoms with Gasteiger partial charge in [-0.25, -0.2) is 8.42 Å². The molecule has 0 heterocycles. The van der Waals surface area contributed by atoms with Crippen LogP contribution in [0.3, 0.4) is 0 Å². The smallest absolute Gasteiger partial charge is 0.191 e. The molecule has 1 atom stereocenters. The molecule has 0 radical (unpaired) electrons. The molecule has 0 aliphatic rings. The SMILES string of the molecule is CN=C(NCCCS(=O)(=O)c1ccccc1)NCC(C)Oc1cccc(C)c1.I. The summed E-state index contributed by atoms with van der Waals surface area (Å²) in [5.74, 6) is 1.55. The monoisotopic (exact) mass is 531 g/mol. The Balaban J connectivity index is 0.00000420. The summed E-state index contributed by atoms with van der Waals surface area (Å²) in [6.45, 7) is 5.10. The van der Waals surface area contributed by atoms with Crippen LogP contribution in [-0.4, -0.2) is 46.4 Å². The van der Waals surface area contributed by atoms with Crippen molar-refractivity contribution in [2.24, 2.45) is 4.99 Å². The molecule has 0 spiro atoms. The summed E-state index contributed by atoms with van der Waals surface area (Å²) < 4.78 is 30.4. The summed E-state index contributed by atoms with van der Waals surface area (Å²) in [7, 11) is -1.57. The lowest BCUT2D eigenvalue weighted by Gasteiger charge is -2.18. The molecule has 0 aliphatic heterocycles. The number of benzene rings is 2. The van der Waals surface area contributed by atoms with Crippen LogP contribution in [0.1, 0.15) is 18.9 Å². The Morgan fingerprint density at radius 3 is 2.48 bits per heavy atom. The highest BCUT2D eigenvalue weighted by molar-refractivity contribution is 14.0. The van der Waals surface area contributed by atoms with Crippen molar-refractivity contribution in [3.05, 3.63) is 60.2 Å². The van der Waals surface area contributed by atoms with Gasteiger partial charge in [-0.3, -0.25) is 4.99 Å². The van der Waals surface area contributed by atoms with Crippen LogP contribution in [0, 0.1) is 6.92 Å². The van der Waals surface area contributed by atoms with Crippen LogP contribution >= 0.6 is 24.0 Å². The Labute approximate surface area is 191 Å². The van der Waals surface area contributed by atoms with Gasteiger partial charge in [0.1, 0.15) is 11.9 Å². The van der Waals surface area contributed by atoms with Crippen LogP contribution in [0.25, 0.3) is 0 Å². The van der Waals surface area contributed by atoms with Crippen molar-refractivity contribution >= 4 is 39.8 Å². The fraction of sp³-hybridized carbons (Fsp3) is 0.381. The Hall–Kier alpha value is -1.81. The van der Waals surface area contributed by atoms with Crippen molar-refractivity contribution in [1.29, 1.82) is 0 Å². The minimum absolute atomic E-state index is 0. The molecule has 0 fully saturated rings. The molecule has 0 aromatic heterocycles. The molecule has 0 amide bonds. The number of nitrogens with one attached hydrogen (secondary N) is 2. The summed E-state index contributed by atoms with van der Waals surface area (Å²) in [4.78, 5) is 4.52. The minimum atomic E-state index is -3.25. The Morgan fingerprint density at radius 1 is 1.10 bits per heavy atom. The van der Waals surface area contributed by atoms with Crippen LogP contribution in [0.2, 0.25) is 0 Å². The first-order chi connectivity index (χ1) is 13.4. The van der Waals surface area contributed by atoms with Gasteiger partial charge in [-0.2, -0.15) is 0 Å². The number of nitrogens with zero attached hydrogens (tertiary/aromatic N) is 1. The highest BCUT2D eigenvalue weighted by Crippen LogP contribution is 2.14. The standard InChI is InChI=1S/C21H29N3O3S.HI/c1-17-9-7-10-19(15-17)27-18(2)16-24-21(22-3)23-13-8-14-28(25,26)20-11-5-4-6-12-20;/h4-7,9-12,15,18H,8,13-14,16H2,1-3H3,(H2,22,23,24);1H. The zero-order valence-corrected chi connectivity index (χ0v) is 20.2. The summed E-state index contributed by atoms with van der Waals surface area (Å²) in [5.41, 5.74) is 1.15. The highest BCUT2D eigenvalue weighted by Gasteiger charge is 2.13. The molecule has 2 aromatic rings. The molecule has 29 heavy (non-hydrogen) atoms. The predicted octanol–water partition coefficient (Wildman–Crippen LogP) is 3.41. The van der Waals surface area contributed by atoms with Gasteiger partial charge in [0.05, 0.1) is 17.2 Å². The maximum absolute atomic E-state index is 12.3. The fourth-order valence-electron chi connectivity index (χ4n) is 2.64. The van der Waals surface area contributed by atoms with Gasteiger partial charge in [-0.05, 0) is 50.1 Å². The van der Waals surface area contributed by atoms with Gasteiger partial charge in [-0.1, -0.05) is 30.3 Å². The summed E-state index contributed by atoms with van der Waals surface area (Å²) in [5, 5.41) is 6.34. The van der Waals surface area contributed by atoms with Crippen LogP contribution in [-0.2, 0) is 9.84 Å². The molecule has 0 aliphatic carbocycles. The maximum Gasteiger partial charge on any atom is 0.191 e. The van der Waals surface area contributed by atoms with Crippen molar-refractivity contribution < 1.29 is 13.2 Å². The summed E-state index contributed by atoms with van der Waals surface area (Å²) >= 11 is 0. The Morgan fingerprint density at radius 2 is 1.83 bits per heavy atom. The lowest BCUT2D eigenvalue weighted by Crippen LogP contribution is -2.42. The number of guanidine groups is 1. The second-order valence-electron chi connectivity index (χ2n) is 6.61. The molecule has 1 unspecified atom stereocenters. The zero-order chi connectivity index (χ0) is 20.4. The van der Waals surface area contributed by atoms with Crippen molar-refractivity contribution in [1.82, 2.24) is 10.6 Å². The van der Waals surface area contributed by atoms with Gasteiger partial charge in [0.2, 0.25) is 0 Å². The topological polar surface area (TPSA) is 79.8 Å². The van der Waals surface area contributed by atoms with E-state index in [0.717, 1.165) is 11.3 Å². The van der Waals surface area contributed by atoms with E-state index in [4.69, 9.17) is 4.74 Å². The molecule has 2 N–H and O–H groups in total. The van der Waals surface area contributed by atoms with Crippen LogP contribution in [0.5, 0.6) is 5.75 Å². The first-order valence-corrected chi connectivity index (χ1v) is 11.0. The largest absolute Gasteiger partial charge is 0.489 e. The maximum atomic E-state index is 12.3. The van der Waals surface area contributed by atoms with Crippen LogP contribution in [0.4, 0.5) is 0 Å².